The molecule has 106 valence electrons. The summed E-state index contributed by atoms with van der Waals surface area (Å²) in [5, 5.41) is 3.14. The van der Waals surface area contributed by atoms with Gasteiger partial charge in [0.25, 0.3) is 0 Å². The smallest absolute Gasteiger partial charge is 0.194 e. The molecule has 2 aromatic rings. The van der Waals surface area contributed by atoms with Crippen molar-refractivity contribution in [2.24, 2.45) is 0 Å². The second kappa shape index (κ2) is 6.47. The maximum absolute atomic E-state index is 13.4. The monoisotopic (exact) mass is 281 g/mol. The molecule has 0 fully saturated rings. The Labute approximate surface area is 114 Å². The van der Waals surface area contributed by atoms with Gasteiger partial charge in [0.1, 0.15) is 6.33 Å². The van der Waals surface area contributed by atoms with Crippen LogP contribution in [0.15, 0.2) is 30.9 Å². The molecule has 20 heavy (non-hydrogen) atoms. The van der Waals surface area contributed by atoms with Crippen molar-refractivity contribution in [2.45, 2.75) is 19.4 Å². The summed E-state index contributed by atoms with van der Waals surface area (Å²) in [7, 11) is 0. The molecule has 0 bridgehead atoms. The van der Waals surface area contributed by atoms with Gasteiger partial charge < -0.3 is 5.32 Å². The highest BCUT2D eigenvalue weighted by atomic mass is 19.2. The number of benzene rings is 1. The van der Waals surface area contributed by atoms with Crippen molar-refractivity contribution in [3.05, 3.63) is 59.4 Å². The molecule has 0 aliphatic carbocycles. The van der Waals surface area contributed by atoms with Gasteiger partial charge in [0, 0.05) is 18.0 Å². The summed E-state index contributed by atoms with van der Waals surface area (Å²) in [5.41, 5.74) is 0.955. The Hall–Kier alpha value is -1.95. The Kier molecular flexibility index (Phi) is 4.68. The molecule has 1 heterocycles. The zero-order chi connectivity index (χ0) is 14.5. The third-order valence-electron chi connectivity index (χ3n) is 2.85. The fourth-order valence-corrected chi connectivity index (χ4v) is 1.92. The third-order valence-corrected chi connectivity index (χ3v) is 2.85. The molecule has 0 saturated heterocycles. The van der Waals surface area contributed by atoms with Crippen LogP contribution < -0.4 is 5.32 Å². The third kappa shape index (κ3) is 3.14. The van der Waals surface area contributed by atoms with E-state index in [1.807, 2.05) is 6.92 Å². The lowest BCUT2D eigenvalue weighted by molar-refractivity contribution is 0.442. The van der Waals surface area contributed by atoms with Crippen LogP contribution in [-0.4, -0.2) is 16.5 Å². The van der Waals surface area contributed by atoms with Gasteiger partial charge in [-0.1, -0.05) is 6.92 Å². The summed E-state index contributed by atoms with van der Waals surface area (Å²) in [6.45, 7) is 2.61. The van der Waals surface area contributed by atoms with Crippen molar-refractivity contribution in [1.82, 2.24) is 15.3 Å². The minimum absolute atomic E-state index is 0.296. The molecule has 1 aromatic heterocycles. The van der Waals surface area contributed by atoms with E-state index in [1.165, 1.54) is 6.33 Å². The zero-order valence-corrected chi connectivity index (χ0v) is 10.9. The lowest BCUT2D eigenvalue weighted by atomic mass is 10.0. The highest BCUT2D eigenvalue weighted by Crippen LogP contribution is 2.24. The molecule has 2 rings (SSSR count). The van der Waals surface area contributed by atoms with E-state index >= 15 is 0 Å². The van der Waals surface area contributed by atoms with Crippen molar-refractivity contribution < 1.29 is 13.2 Å². The minimum atomic E-state index is -1.47. The Morgan fingerprint density at radius 3 is 2.20 bits per heavy atom. The van der Waals surface area contributed by atoms with Crippen molar-refractivity contribution in [3.63, 3.8) is 0 Å². The fraction of sp³-hybridized carbons (Fsp3) is 0.286. The summed E-state index contributed by atoms with van der Waals surface area (Å²) >= 11 is 0. The van der Waals surface area contributed by atoms with E-state index in [0.717, 1.165) is 18.6 Å². The summed E-state index contributed by atoms with van der Waals surface area (Å²) in [4.78, 5) is 7.78. The van der Waals surface area contributed by atoms with Gasteiger partial charge in [-0.15, -0.1) is 0 Å². The maximum Gasteiger partial charge on any atom is 0.194 e. The average Bonchev–Trinajstić information content (AvgIpc) is 2.46. The van der Waals surface area contributed by atoms with E-state index in [0.29, 0.717) is 17.7 Å². The summed E-state index contributed by atoms with van der Waals surface area (Å²) in [6.07, 6.45) is 5.32. The van der Waals surface area contributed by atoms with Crippen molar-refractivity contribution in [2.75, 3.05) is 6.54 Å². The molecule has 0 aliphatic rings. The van der Waals surface area contributed by atoms with Crippen LogP contribution in [0.1, 0.15) is 30.5 Å². The van der Waals surface area contributed by atoms with E-state index in [-0.39, 0.29) is 0 Å². The van der Waals surface area contributed by atoms with Crippen molar-refractivity contribution in [3.8, 4) is 0 Å². The molecule has 1 aromatic carbocycles. The minimum Gasteiger partial charge on any atom is -0.306 e. The number of hydrogen-bond acceptors (Lipinski definition) is 3. The zero-order valence-electron chi connectivity index (χ0n) is 10.9. The van der Waals surface area contributed by atoms with Gasteiger partial charge >= 0.3 is 0 Å². The molecule has 0 radical (unpaired) electrons. The topological polar surface area (TPSA) is 37.8 Å². The number of rotatable bonds is 5. The SMILES string of the molecule is CCCNC(c1cncnc1)c1cc(F)c(F)c(F)c1. The fourth-order valence-electron chi connectivity index (χ4n) is 1.92. The van der Waals surface area contributed by atoms with Gasteiger partial charge in [-0.2, -0.15) is 0 Å². The van der Waals surface area contributed by atoms with Crippen LogP contribution in [0.25, 0.3) is 0 Å². The first-order valence-electron chi connectivity index (χ1n) is 6.26. The van der Waals surface area contributed by atoms with Crippen molar-refractivity contribution in [1.29, 1.82) is 0 Å². The number of aromatic nitrogens is 2. The molecular formula is C14H14F3N3. The molecule has 0 spiro atoms. The van der Waals surface area contributed by atoms with Crippen LogP contribution in [0.3, 0.4) is 0 Å². The Morgan fingerprint density at radius 2 is 1.65 bits per heavy atom. The van der Waals surface area contributed by atoms with Gasteiger partial charge in [0.2, 0.25) is 0 Å². The molecule has 0 aliphatic heterocycles. The highest BCUT2D eigenvalue weighted by molar-refractivity contribution is 5.30. The molecule has 0 saturated carbocycles. The first-order valence-corrected chi connectivity index (χ1v) is 6.26. The van der Waals surface area contributed by atoms with Crippen LogP contribution in [0.5, 0.6) is 0 Å². The Morgan fingerprint density at radius 1 is 1.05 bits per heavy atom. The maximum atomic E-state index is 13.4. The predicted molar refractivity (Wildman–Crippen MR) is 68.5 cm³/mol. The van der Waals surface area contributed by atoms with E-state index in [9.17, 15) is 13.2 Å². The van der Waals surface area contributed by atoms with Crippen LogP contribution in [-0.2, 0) is 0 Å². The van der Waals surface area contributed by atoms with E-state index in [1.54, 1.807) is 12.4 Å². The lowest BCUT2D eigenvalue weighted by Crippen LogP contribution is -2.24. The highest BCUT2D eigenvalue weighted by Gasteiger charge is 2.19. The first kappa shape index (κ1) is 14.5. The summed E-state index contributed by atoms with van der Waals surface area (Å²) in [5.74, 6) is -3.88. The van der Waals surface area contributed by atoms with Gasteiger partial charge in [-0.25, -0.2) is 23.1 Å². The number of nitrogens with one attached hydrogen (secondary N) is 1. The van der Waals surface area contributed by atoms with Crippen LogP contribution in [0, 0.1) is 17.5 Å². The summed E-state index contributed by atoms with van der Waals surface area (Å²) < 4.78 is 39.8. The van der Waals surface area contributed by atoms with E-state index in [2.05, 4.69) is 15.3 Å². The Balaban J connectivity index is 2.41. The van der Waals surface area contributed by atoms with Crippen LogP contribution in [0.4, 0.5) is 13.2 Å². The first-order chi connectivity index (χ1) is 9.63. The Bertz CT molecular complexity index is 552. The van der Waals surface area contributed by atoms with Crippen molar-refractivity contribution >= 4 is 0 Å². The average molecular weight is 281 g/mol. The quantitative estimate of drug-likeness (QED) is 0.856. The van der Waals surface area contributed by atoms with E-state index in [4.69, 9.17) is 0 Å². The second-order valence-corrected chi connectivity index (χ2v) is 4.36. The molecule has 1 atom stereocenters. The number of nitrogens with zero attached hydrogens (tertiary/aromatic N) is 2. The molecule has 1 unspecified atom stereocenters. The molecule has 6 heteroatoms. The van der Waals surface area contributed by atoms with Crippen LogP contribution in [0.2, 0.25) is 0 Å². The second-order valence-electron chi connectivity index (χ2n) is 4.36. The van der Waals surface area contributed by atoms with Gasteiger partial charge in [-0.05, 0) is 30.7 Å². The summed E-state index contributed by atoms with van der Waals surface area (Å²) in [6, 6.07) is 1.48. The number of hydrogen-bond donors (Lipinski definition) is 1. The predicted octanol–water partition coefficient (Wildman–Crippen LogP) is 2.98. The standard InChI is InChI=1S/C14H14F3N3/c1-2-3-20-14(10-6-18-8-19-7-10)9-4-11(15)13(17)12(16)5-9/h4-8,14,20H,2-3H2,1H3. The normalized spacial score (nSPS) is 12.4. The molecule has 3 nitrogen and oxygen atoms in total. The van der Waals surface area contributed by atoms with Gasteiger partial charge in [0.05, 0.1) is 6.04 Å². The van der Waals surface area contributed by atoms with Gasteiger partial charge in [-0.3, -0.25) is 0 Å². The molecular weight excluding hydrogens is 267 g/mol. The van der Waals surface area contributed by atoms with Crippen LogP contribution >= 0.6 is 0 Å². The lowest BCUT2D eigenvalue weighted by Gasteiger charge is -2.19. The largest absolute Gasteiger partial charge is 0.306 e. The molecule has 0 amide bonds. The number of halogens is 3. The molecule has 1 N–H and O–H groups in total. The van der Waals surface area contributed by atoms with Gasteiger partial charge in [0.15, 0.2) is 17.5 Å². The van der Waals surface area contributed by atoms with E-state index < -0.39 is 23.5 Å².